The average molecular weight is 352 g/mol. The Hall–Kier alpha value is -0.650. The highest BCUT2D eigenvalue weighted by molar-refractivity contribution is 5.76. The van der Waals surface area contributed by atoms with Crippen LogP contribution >= 0.6 is 0 Å². The Balaban J connectivity index is 1.74. The molecule has 0 aromatic rings. The molecule has 4 aliphatic carbocycles. The van der Waals surface area contributed by atoms with E-state index < -0.39 is 23.1 Å². The summed E-state index contributed by atoms with van der Waals surface area (Å²) < 4.78 is 0. The maximum atomic E-state index is 12.1. The zero-order chi connectivity index (χ0) is 18.3. The fourth-order valence-corrected chi connectivity index (χ4v) is 8.01. The van der Waals surface area contributed by atoms with Gasteiger partial charge in [0.2, 0.25) is 0 Å². The van der Waals surface area contributed by atoms with Crippen LogP contribution in [0.3, 0.4) is 0 Å². The SMILES string of the molecule is C[C@]12CC[C@@H](O)[C@](C)(C(=O)O)[C@@H]1CC[C@]13C[C@H](CC[C@@H]12)[C@](O)(CO)C3. The number of aliphatic hydroxyl groups excluding tert-OH is 2. The average Bonchev–Trinajstić information content (AvgIpc) is 2.78. The fourth-order valence-electron chi connectivity index (χ4n) is 8.01. The Morgan fingerprint density at radius 2 is 1.80 bits per heavy atom. The Bertz CT molecular complexity index is 593. The van der Waals surface area contributed by atoms with Crippen LogP contribution in [0, 0.1) is 34.0 Å². The molecular formula is C20H32O5. The second-order valence-electron chi connectivity index (χ2n) is 10.1. The van der Waals surface area contributed by atoms with Gasteiger partial charge in [-0.1, -0.05) is 6.92 Å². The van der Waals surface area contributed by atoms with Gasteiger partial charge in [0.15, 0.2) is 0 Å². The first-order chi connectivity index (χ1) is 11.6. The number of carboxylic acids is 1. The van der Waals surface area contributed by atoms with Crippen molar-refractivity contribution in [3.8, 4) is 0 Å². The molecule has 0 heterocycles. The van der Waals surface area contributed by atoms with Gasteiger partial charge in [0.25, 0.3) is 0 Å². The molecule has 0 radical (unpaired) electrons. The van der Waals surface area contributed by atoms with Crippen LogP contribution in [0.1, 0.15) is 65.2 Å². The molecule has 0 amide bonds. The van der Waals surface area contributed by atoms with E-state index in [4.69, 9.17) is 0 Å². The molecule has 8 atom stereocenters. The summed E-state index contributed by atoms with van der Waals surface area (Å²) in [5.41, 5.74) is -2.12. The Kier molecular flexibility index (Phi) is 3.69. The molecule has 4 rings (SSSR count). The highest BCUT2D eigenvalue weighted by Crippen LogP contribution is 2.72. The number of aliphatic carboxylic acids is 1. The first kappa shape index (κ1) is 17.7. The van der Waals surface area contributed by atoms with Crippen LogP contribution in [0.4, 0.5) is 0 Å². The molecule has 4 fully saturated rings. The summed E-state index contributed by atoms with van der Waals surface area (Å²) in [7, 11) is 0. The van der Waals surface area contributed by atoms with Crippen LogP contribution in [-0.2, 0) is 4.79 Å². The van der Waals surface area contributed by atoms with Crippen LogP contribution in [-0.4, -0.2) is 44.7 Å². The van der Waals surface area contributed by atoms with Gasteiger partial charge in [-0.05, 0) is 86.9 Å². The van der Waals surface area contributed by atoms with Gasteiger partial charge in [-0.25, -0.2) is 0 Å². The van der Waals surface area contributed by atoms with Crippen LogP contribution < -0.4 is 0 Å². The van der Waals surface area contributed by atoms with E-state index in [1.54, 1.807) is 6.92 Å². The maximum Gasteiger partial charge on any atom is 0.312 e. The molecule has 0 aromatic heterocycles. The van der Waals surface area contributed by atoms with Crippen LogP contribution in [0.5, 0.6) is 0 Å². The molecule has 5 nitrogen and oxygen atoms in total. The molecule has 0 aliphatic heterocycles. The van der Waals surface area contributed by atoms with Gasteiger partial charge in [-0.3, -0.25) is 4.79 Å². The third-order valence-corrected chi connectivity index (χ3v) is 9.24. The van der Waals surface area contributed by atoms with Crippen molar-refractivity contribution in [3.63, 3.8) is 0 Å². The van der Waals surface area contributed by atoms with Crippen LogP contribution in [0.15, 0.2) is 0 Å². The second-order valence-corrected chi connectivity index (χ2v) is 10.1. The number of carbonyl (C=O) groups is 1. The minimum atomic E-state index is -1.09. The predicted octanol–water partition coefficient (Wildman–Crippen LogP) is 2.18. The number of rotatable bonds is 2. The molecule has 4 aliphatic rings. The van der Waals surface area contributed by atoms with Gasteiger partial charge < -0.3 is 20.4 Å². The highest BCUT2D eigenvalue weighted by atomic mass is 16.4. The summed E-state index contributed by atoms with van der Waals surface area (Å²) in [5.74, 6) is -0.356. The molecule has 4 saturated carbocycles. The number of carboxylic acid groups (broad SMARTS) is 1. The van der Waals surface area contributed by atoms with E-state index in [-0.39, 0.29) is 29.3 Å². The van der Waals surface area contributed by atoms with E-state index in [9.17, 15) is 25.2 Å². The van der Waals surface area contributed by atoms with Crippen molar-refractivity contribution in [2.45, 2.75) is 76.9 Å². The number of aliphatic hydroxyl groups is 3. The zero-order valence-electron chi connectivity index (χ0n) is 15.4. The lowest BCUT2D eigenvalue weighted by molar-refractivity contribution is -0.204. The smallest absolute Gasteiger partial charge is 0.312 e. The predicted molar refractivity (Wildman–Crippen MR) is 91.7 cm³/mol. The topological polar surface area (TPSA) is 98.0 Å². The van der Waals surface area contributed by atoms with Gasteiger partial charge in [-0.2, -0.15) is 0 Å². The lowest BCUT2D eigenvalue weighted by atomic mass is 9.40. The highest BCUT2D eigenvalue weighted by Gasteiger charge is 2.69. The van der Waals surface area contributed by atoms with Crippen LogP contribution in [0.25, 0.3) is 0 Å². The van der Waals surface area contributed by atoms with Gasteiger partial charge in [0, 0.05) is 0 Å². The molecule has 25 heavy (non-hydrogen) atoms. The van der Waals surface area contributed by atoms with Crippen molar-refractivity contribution in [1.82, 2.24) is 0 Å². The van der Waals surface area contributed by atoms with Gasteiger partial charge in [0.05, 0.1) is 23.7 Å². The van der Waals surface area contributed by atoms with E-state index >= 15 is 0 Å². The molecule has 142 valence electrons. The molecule has 4 N–H and O–H groups in total. The van der Waals surface area contributed by atoms with E-state index in [1.807, 2.05) is 0 Å². The number of fused-ring (bicyclic) bond motifs is 3. The number of hydrogen-bond donors (Lipinski definition) is 4. The largest absolute Gasteiger partial charge is 0.481 e. The Morgan fingerprint density at radius 3 is 2.44 bits per heavy atom. The van der Waals surface area contributed by atoms with Crippen molar-refractivity contribution in [2.75, 3.05) is 6.61 Å². The van der Waals surface area contributed by atoms with Crippen molar-refractivity contribution >= 4 is 5.97 Å². The molecule has 5 heteroatoms. The fraction of sp³-hybridized carbons (Fsp3) is 0.950. The van der Waals surface area contributed by atoms with E-state index in [2.05, 4.69) is 6.92 Å². The van der Waals surface area contributed by atoms with Gasteiger partial charge in [0.1, 0.15) is 0 Å². The molecule has 0 aromatic carbocycles. The first-order valence-electron chi connectivity index (χ1n) is 9.87. The van der Waals surface area contributed by atoms with Crippen molar-refractivity contribution in [1.29, 1.82) is 0 Å². The summed E-state index contributed by atoms with van der Waals surface area (Å²) in [6.07, 6.45) is 5.85. The lowest BCUT2D eigenvalue weighted by Gasteiger charge is -2.64. The normalized spacial score (nSPS) is 57.6. The van der Waals surface area contributed by atoms with Crippen molar-refractivity contribution < 1.29 is 25.2 Å². The minimum absolute atomic E-state index is 0.0313. The van der Waals surface area contributed by atoms with Crippen molar-refractivity contribution in [3.05, 3.63) is 0 Å². The lowest BCUT2D eigenvalue weighted by Crippen LogP contribution is -2.62. The molecule has 1 spiro atoms. The van der Waals surface area contributed by atoms with Gasteiger partial charge in [-0.15, -0.1) is 0 Å². The standard InChI is InChI=1S/C20H32O5/c1-17-7-6-15(22)18(2,16(23)24)13(17)5-8-19-9-12(3-4-14(17)19)20(25,10-19)11-21/h12-15,21-22,25H,3-11H2,1-2H3,(H,23,24)/t12-,13+,14+,15+,17-,18+,19+,20+/m0/s1. The number of hydrogen-bond acceptors (Lipinski definition) is 4. The first-order valence-corrected chi connectivity index (χ1v) is 9.87. The summed E-state index contributed by atoms with van der Waals surface area (Å²) >= 11 is 0. The summed E-state index contributed by atoms with van der Waals surface area (Å²) in [6.45, 7) is 3.81. The summed E-state index contributed by atoms with van der Waals surface area (Å²) in [6, 6.07) is 0. The third kappa shape index (κ3) is 2.03. The molecule has 0 saturated heterocycles. The minimum Gasteiger partial charge on any atom is -0.481 e. The van der Waals surface area contributed by atoms with E-state index in [1.165, 1.54) is 0 Å². The van der Waals surface area contributed by atoms with Crippen molar-refractivity contribution in [2.24, 2.45) is 34.0 Å². The monoisotopic (exact) mass is 352 g/mol. The summed E-state index contributed by atoms with van der Waals surface area (Å²) in [4.78, 5) is 12.1. The van der Waals surface area contributed by atoms with Crippen LogP contribution in [0.2, 0.25) is 0 Å². The molecule has 2 bridgehead atoms. The Labute approximate surface area is 149 Å². The maximum absolute atomic E-state index is 12.1. The molecule has 0 unspecified atom stereocenters. The second kappa shape index (κ2) is 5.20. The van der Waals surface area contributed by atoms with Gasteiger partial charge >= 0.3 is 5.97 Å². The Morgan fingerprint density at radius 1 is 1.08 bits per heavy atom. The molecular weight excluding hydrogens is 320 g/mol. The summed E-state index contributed by atoms with van der Waals surface area (Å²) in [5, 5.41) is 41.2. The third-order valence-electron chi connectivity index (χ3n) is 9.24. The van der Waals surface area contributed by atoms with E-state index in [0.29, 0.717) is 18.8 Å². The zero-order valence-corrected chi connectivity index (χ0v) is 15.4. The van der Waals surface area contributed by atoms with E-state index in [0.717, 1.165) is 38.5 Å². The quantitative estimate of drug-likeness (QED) is 0.611.